The van der Waals surface area contributed by atoms with Gasteiger partial charge < -0.3 is 10.3 Å². The summed E-state index contributed by atoms with van der Waals surface area (Å²) < 4.78 is 0. The average molecular weight is 501 g/mol. The molecule has 1 aliphatic rings. The molecule has 1 saturated carbocycles. The average Bonchev–Trinajstić information content (AvgIpc) is 3.73. The van der Waals surface area contributed by atoms with Gasteiger partial charge in [0.1, 0.15) is 11.3 Å². The molecule has 7 rings (SSSR count). The largest absolute Gasteiger partial charge is 0.338 e. The van der Waals surface area contributed by atoms with Crippen LogP contribution in [0.15, 0.2) is 73.4 Å². The Bertz CT molecular complexity index is 1780. The van der Waals surface area contributed by atoms with Crippen molar-refractivity contribution in [2.45, 2.75) is 25.7 Å². The van der Waals surface area contributed by atoms with E-state index < -0.39 is 0 Å². The molecule has 0 atom stereocenters. The maximum atomic E-state index is 12.6. The molecule has 6 heterocycles. The van der Waals surface area contributed by atoms with Crippen LogP contribution in [-0.2, 0) is 4.79 Å². The highest BCUT2D eigenvalue weighted by Crippen LogP contribution is 2.34. The Morgan fingerprint density at radius 2 is 1.82 bits per heavy atom. The van der Waals surface area contributed by atoms with Crippen LogP contribution in [0.25, 0.3) is 55.8 Å². The molecule has 6 aromatic rings. The molecular weight excluding hydrogens is 476 g/mol. The quantitative estimate of drug-likeness (QED) is 0.277. The Morgan fingerprint density at radius 1 is 0.895 bits per heavy atom. The van der Waals surface area contributed by atoms with Crippen molar-refractivity contribution < 1.29 is 4.79 Å². The molecule has 38 heavy (non-hydrogen) atoms. The molecule has 9 heteroatoms. The van der Waals surface area contributed by atoms with Gasteiger partial charge in [0.15, 0.2) is 0 Å². The number of carbonyl (C=O) groups excluding carboxylic acids is 1. The molecule has 1 amide bonds. The number of hydrogen-bond donors (Lipinski definition) is 3. The van der Waals surface area contributed by atoms with E-state index in [0.717, 1.165) is 81.5 Å². The van der Waals surface area contributed by atoms with Crippen LogP contribution in [0.2, 0.25) is 0 Å². The van der Waals surface area contributed by atoms with Gasteiger partial charge in [-0.1, -0.05) is 18.9 Å². The summed E-state index contributed by atoms with van der Waals surface area (Å²) in [5, 5.41) is 12.6. The van der Waals surface area contributed by atoms with E-state index in [0.29, 0.717) is 5.69 Å². The van der Waals surface area contributed by atoms with Gasteiger partial charge in [-0.3, -0.25) is 24.8 Å². The molecule has 3 N–H and O–H groups in total. The second-order valence-electron chi connectivity index (χ2n) is 9.64. The van der Waals surface area contributed by atoms with Crippen LogP contribution in [0, 0.1) is 5.92 Å². The summed E-state index contributed by atoms with van der Waals surface area (Å²) in [5.41, 5.74) is 7.33. The summed E-state index contributed by atoms with van der Waals surface area (Å²) >= 11 is 0. The first kappa shape index (κ1) is 22.3. The number of amides is 1. The van der Waals surface area contributed by atoms with Crippen molar-refractivity contribution in [2.24, 2.45) is 5.92 Å². The zero-order valence-corrected chi connectivity index (χ0v) is 20.5. The van der Waals surface area contributed by atoms with E-state index in [-0.39, 0.29) is 11.8 Å². The molecule has 0 radical (unpaired) electrons. The lowest BCUT2D eigenvalue weighted by Gasteiger charge is -2.11. The van der Waals surface area contributed by atoms with E-state index in [2.05, 4.69) is 46.5 Å². The van der Waals surface area contributed by atoms with E-state index in [1.165, 1.54) is 0 Å². The fourth-order valence-electron chi connectivity index (χ4n) is 5.26. The van der Waals surface area contributed by atoms with Gasteiger partial charge in [-0.05, 0) is 49.2 Å². The minimum absolute atomic E-state index is 0.0690. The zero-order chi connectivity index (χ0) is 25.5. The number of fused-ring (bicyclic) bond motifs is 2. The van der Waals surface area contributed by atoms with Crippen LogP contribution in [0.5, 0.6) is 0 Å². The first-order chi connectivity index (χ1) is 18.7. The van der Waals surface area contributed by atoms with Crippen LogP contribution < -0.4 is 5.32 Å². The molecule has 0 bridgehead atoms. The summed E-state index contributed by atoms with van der Waals surface area (Å²) in [7, 11) is 0. The summed E-state index contributed by atoms with van der Waals surface area (Å²) in [5.74, 6) is 0.157. The lowest BCUT2D eigenvalue weighted by Crippen LogP contribution is -2.20. The number of rotatable bonds is 5. The van der Waals surface area contributed by atoms with E-state index in [4.69, 9.17) is 0 Å². The Labute approximate surface area is 217 Å². The van der Waals surface area contributed by atoms with Crippen LogP contribution in [-0.4, -0.2) is 41.0 Å². The molecular formula is C29H24N8O. The van der Waals surface area contributed by atoms with Crippen LogP contribution in [0.1, 0.15) is 25.7 Å². The first-order valence-corrected chi connectivity index (χ1v) is 12.7. The molecule has 186 valence electrons. The maximum Gasteiger partial charge on any atom is 0.227 e. The highest BCUT2D eigenvalue weighted by atomic mass is 16.1. The summed E-state index contributed by atoms with van der Waals surface area (Å²) in [6.45, 7) is 0. The third-order valence-corrected chi connectivity index (χ3v) is 7.20. The predicted molar refractivity (Wildman–Crippen MR) is 146 cm³/mol. The topological polar surface area (TPSA) is 125 Å². The lowest BCUT2D eigenvalue weighted by molar-refractivity contribution is -0.119. The third kappa shape index (κ3) is 3.98. The smallest absolute Gasteiger partial charge is 0.227 e. The number of anilines is 1. The lowest BCUT2D eigenvalue weighted by atomic mass is 10.1. The van der Waals surface area contributed by atoms with E-state index >= 15 is 0 Å². The fraction of sp³-hybridized carbons (Fsp3) is 0.172. The van der Waals surface area contributed by atoms with Crippen molar-refractivity contribution in [3.05, 3.63) is 73.4 Å². The predicted octanol–water partition coefficient (Wildman–Crippen LogP) is 5.75. The van der Waals surface area contributed by atoms with Gasteiger partial charge in [0.2, 0.25) is 5.91 Å². The SMILES string of the molecule is O=C(Nc1cncc(-c2cc3c(-c4cc5c(-c6ccccn6)ccnc5[nH]4)n[nH]c3cn2)c1)C1CCCC1. The number of aromatic amines is 2. The molecule has 1 fully saturated rings. The summed E-state index contributed by atoms with van der Waals surface area (Å²) in [6, 6.07) is 13.8. The minimum Gasteiger partial charge on any atom is -0.338 e. The van der Waals surface area contributed by atoms with Crippen LogP contribution in [0.4, 0.5) is 5.69 Å². The van der Waals surface area contributed by atoms with Gasteiger partial charge in [-0.15, -0.1) is 0 Å². The molecule has 9 nitrogen and oxygen atoms in total. The van der Waals surface area contributed by atoms with Crippen molar-refractivity contribution >= 4 is 33.5 Å². The maximum absolute atomic E-state index is 12.6. The van der Waals surface area contributed by atoms with Gasteiger partial charge in [0, 0.05) is 46.4 Å². The van der Waals surface area contributed by atoms with Crippen LogP contribution in [0.3, 0.4) is 0 Å². The fourth-order valence-corrected chi connectivity index (χ4v) is 5.26. The first-order valence-electron chi connectivity index (χ1n) is 12.7. The molecule has 6 aromatic heterocycles. The number of aromatic nitrogens is 7. The van der Waals surface area contributed by atoms with Crippen molar-refractivity contribution in [3.8, 4) is 33.9 Å². The number of carbonyl (C=O) groups is 1. The third-order valence-electron chi connectivity index (χ3n) is 7.20. The van der Waals surface area contributed by atoms with Gasteiger partial charge in [0.25, 0.3) is 0 Å². The monoisotopic (exact) mass is 500 g/mol. The van der Waals surface area contributed by atoms with Crippen molar-refractivity contribution in [3.63, 3.8) is 0 Å². The van der Waals surface area contributed by atoms with E-state index in [1.54, 1.807) is 31.0 Å². The molecule has 0 aliphatic heterocycles. The molecule has 0 saturated heterocycles. The zero-order valence-electron chi connectivity index (χ0n) is 20.5. The molecule has 0 aromatic carbocycles. The highest BCUT2D eigenvalue weighted by molar-refractivity contribution is 6.00. The molecule has 0 spiro atoms. The highest BCUT2D eigenvalue weighted by Gasteiger charge is 2.23. The van der Waals surface area contributed by atoms with Crippen molar-refractivity contribution in [1.29, 1.82) is 0 Å². The Hall–Kier alpha value is -4.92. The van der Waals surface area contributed by atoms with E-state index in [1.807, 2.05) is 36.4 Å². The molecule has 1 aliphatic carbocycles. The standard InChI is InChI=1S/C29H24N8O/c38-29(17-5-1-2-6-17)34-19-11-18(14-30-15-19)24-13-22-26(16-33-24)36-37-27(22)25-12-21-20(8-10-32-28(21)35-25)23-7-3-4-9-31-23/h3-4,7-17H,1-2,5-6H2,(H,32,35)(H,34,38)(H,36,37). The minimum atomic E-state index is 0.0690. The summed E-state index contributed by atoms with van der Waals surface area (Å²) in [6.07, 6.45) is 12.9. The van der Waals surface area contributed by atoms with Gasteiger partial charge in [0.05, 0.1) is 40.7 Å². The Kier molecular flexibility index (Phi) is 5.39. The number of pyridine rings is 4. The van der Waals surface area contributed by atoms with Gasteiger partial charge in [-0.2, -0.15) is 5.10 Å². The number of nitrogens with zero attached hydrogens (tertiary/aromatic N) is 5. The normalized spacial score (nSPS) is 13.9. The summed E-state index contributed by atoms with van der Waals surface area (Å²) in [4.78, 5) is 34.0. The van der Waals surface area contributed by atoms with E-state index in [9.17, 15) is 4.79 Å². The van der Waals surface area contributed by atoms with Gasteiger partial charge in [-0.25, -0.2) is 4.98 Å². The number of H-pyrrole nitrogens is 2. The Balaban J connectivity index is 1.25. The van der Waals surface area contributed by atoms with Crippen molar-refractivity contribution in [1.82, 2.24) is 35.1 Å². The number of hydrogen-bond acceptors (Lipinski definition) is 6. The number of nitrogens with one attached hydrogen (secondary N) is 3. The van der Waals surface area contributed by atoms with Crippen molar-refractivity contribution in [2.75, 3.05) is 5.32 Å². The van der Waals surface area contributed by atoms with Gasteiger partial charge >= 0.3 is 0 Å². The second-order valence-corrected chi connectivity index (χ2v) is 9.64. The molecule has 0 unspecified atom stereocenters. The Morgan fingerprint density at radius 3 is 2.68 bits per heavy atom. The second kappa shape index (κ2) is 9.19. The van der Waals surface area contributed by atoms with Crippen LogP contribution >= 0.6 is 0 Å².